The van der Waals surface area contributed by atoms with E-state index in [-0.39, 0.29) is 12.5 Å². The molecule has 1 amide bonds. The highest BCUT2D eigenvalue weighted by Gasteiger charge is 2.20. The van der Waals surface area contributed by atoms with E-state index in [0.29, 0.717) is 5.75 Å². The summed E-state index contributed by atoms with van der Waals surface area (Å²) in [5, 5.41) is 5.57. The maximum atomic E-state index is 11.5. The lowest BCUT2D eigenvalue weighted by molar-refractivity contribution is -0.144. The number of hydrogen-bond donors (Lipinski definition) is 2. The lowest BCUT2D eigenvalue weighted by Crippen LogP contribution is -2.45. The molecule has 1 aromatic rings. The third-order valence-corrected chi connectivity index (χ3v) is 2.47. The van der Waals surface area contributed by atoms with Crippen molar-refractivity contribution in [1.82, 2.24) is 5.32 Å². The number of carbonyl (C=O) groups excluding carboxylic acids is 2. The van der Waals surface area contributed by atoms with Crippen molar-refractivity contribution >= 4 is 17.6 Å². The molecule has 0 spiro atoms. The van der Waals surface area contributed by atoms with E-state index in [2.05, 4.69) is 15.4 Å². The van der Waals surface area contributed by atoms with Crippen LogP contribution in [-0.2, 0) is 14.3 Å². The molecular formula is C13H18N2O4. The molecule has 0 bridgehead atoms. The van der Waals surface area contributed by atoms with Gasteiger partial charge in [-0.05, 0) is 12.1 Å². The van der Waals surface area contributed by atoms with E-state index < -0.39 is 12.0 Å². The van der Waals surface area contributed by atoms with Crippen molar-refractivity contribution in [3.63, 3.8) is 0 Å². The van der Waals surface area contributed by atoms with Crippen molar-refractivity contribution in [2.24, 2.45) is 0 Å². The summed E-state index contributed by atoms with van der Waals surface area (Å²) >= 11 is 0. The SMILES string of the molecule is COC(=O)C(CNc1ccccc1OC)NC(C)=O. The number of methoxy groups -OCH3 is 2. The number of nitrogens with one attached hydrogen (secondary N) is 2. The maximum Gasteiger partial charge on any atom is 0.330 e. The summed E-state index contributed by atoms with van der Waals surface area (Å²) in [6.45, 7) is 1.56. The quantitative estimate of drug-likeness (QED) is 0.744. The van der Waals surface area contributed by atoms with Gasteiger partial charge >= 0.3 is 5.97 Å². The Kier molecular flexibility index (Phi) is 5.66. The molecule has 0 heterocycles. The number of ether oxygens (including phenoxy) is 2. The Labute approximate surface area is 112 Å². The second-order valence-corrected chi connectivity index (χ2v) is 3.86. The molecule has 0 saturated heterocycles. The Morgan fingerprint density at radius 1 is 1.26 bits per heavy atom. The predicted molar refractivity (Wildman–Crippen MR) is 71.1 cm³/mol. The van der Waals surface area contributed by atoms with Crippen LogP contribution in [0.5, 0.6) is 5.75 Å². The zero-order valence-electron chi connectivity index (χ0n) is 11.2. The average Bonchev–Trinajstić information content (AvgIpc) is 2.42. The molecule has 6 nitrogen and oxygen atoms in total. The van der Waals surface area contributed by atoms with Gasteiger partial charge < -0.3 is 20.1 Å². The van der Waals surface area contributed by atoms with Crippen LogP contribution in [0.1, 0.15) is 6.92 Å². The van der Waals surface area contributed by atoms with Crippen molar-refractivity contribution < 1.29 is 19.1 Å². The lowest BCUT2D eigenvalue weighted by Gasteiger charge is -2.17. The van der Waals surface area contributed by atoms with Gasteiger partial charge in [0.25, 0.3) is 0 Å². The van der Waals surface area contributed by atoms with Crippen LogP contribution in [0.15, 0.2) is 24.3 Å². The normalized spacial score (nSPS) is 11.3. The van der Waals surface area contributed by atoms with E-state index >= 15 is 0 Å². The zero-order valence-corrected chi connectivity index (χ0v) is 11.2. The molecule has 0 aromatic heterocycles. The first-order valence-corrected chi connectivity index (χ1v) is 5.80. The second-order valence-electron chi connectivity index (χ2n) is 3.86. The number of carbonyl (C=O) groups is 2. The topological polar surface area (TPSA) is 76.7 Å². The van der Waals surface area contributed by atoms with Gasteiger partial charge in [-0.2, -0.15) is 0 Å². The van der Waals surface area contributed by atoms with Gasteiger partial charge in [0, 0.05) is 13.5 Å². The molecule has 19 heavy (non-hydrogen) atoms. The maximum absolute atomic E-state index is 11.5. The van der Waals surface area contributed by atoms with Gasteiger partial charge in [-0.15, -0.1) is 0 Å². The van der Waals surface area contributed by atoms with Crippen LogP contribution in [0.25, 0.3) is 0 Å². The minimum atomic E-state index is -0.743. The fourth-order valence-corrected chi connectivity index (χ4v) is 1.58. The van der Waals surface area contributed by atoms with E-state index in [9.17, 15) is 9.59 Å². The summed E-state index contributed by atoms with van der Waals surface area (Å²) in [6.07, 6.45) is 0. The summed E-state index contributed by atoms with van der Waals surface area (Å²) in [7, 11) is 2.84. The van der Waals surface area contributed by atoms with E-state index in [1.165, 1.54) is 14.0 Å². The Morgan fingerprint density at radius 3 is 2.53 bits per heavy atom. The third kappa shape index (κ3) is 4.50. The van der Waals surface area contributed by atoms with Gasteiger partial charge in [0.2, 0.25) is 5.91 Å². The molecule has 0 aliphatic carbocycles. The Morgan fingerprint density at radius 2 is 1.95 bits per heavy atom. The average molecular weight is 266 g/mol. The van der Waals surface area contributed by atoms with Crippen molar-refractivity contribution in [2.45, 2.75) is 13.0 Å². The number of esters is 1. The standard InChI is InChI=1S/C13H18N2O4/c1-9(16)15-11(13(17)19-3)8-14-10-6-4-5-7-12(10)18-2/h4-7,11,14H,8H2,1-3H3,(H,15,16). The predicted octanol–water partition coefficient (Wildman–Crippen LogP) is 0.785. The minimum Gasteiger partial charge on any atom is -0.495 e. The number of para-hydroxylation sites is 2. The largest absolute Gasteiger partial charge is 0.495 e. The molecule has 1 unspecified atom stereocenters. The number of hydrogen-bond acceptors (Lipinski definition) is 5. The molecule has 6 heteroatoms. The fraction of sp³-hybridized carbons (Fsp3) is 0.385. The highest BCUT2D eigenvalue weighted by atomic mass is 16.5. The summed E-state index contributed by atoms with van der Waals surface area (Å²) in [5.74, 6) is -0.135. The summed E-state index contributed by atoms with van der Waals surface area (Å²) in [4.78, 5) is 22.6. The second kappa shape index (κ2) is 7.25. The number of amides is 1. The number of anilines is 1. The van der Waals surface area contributed by atoms with Crippen LogP contribution in [-0.4, -0.2) is 38.7 Å². The lowest BCUT2D eigenvalue weighted by atomic mass is 10.2. The molecule has 2 N–H and O–H groups in total. The highest BCUT2D eigenvalue weighted by Crippen LogP contribution is 2.22. The summed E-state index contributed by atoms with van der Waals surface area (Å²) in [5.41, 5.74) is 0.740. The van der Waals surface area contributed by atoms with Crippen LogP contribution < -0.4 is 15.4 Å². The molecule has 1 atom stereocenters. The molecule has 104 valence electrons. The Balaban J connectivity index is 2.70. The van der Waals surface area contributed by atoms with Gasteiger partial charge in [-0.3, -0.25) is 4.79 Å². The zero-order chi connectivity index (χ0) is 14.3. The van der Waals surface area contributed by atoms with Crippen molar-refractivity contribution in [3.05, 3.63) is 24.3 Å². The van der Waals surface area contributed by atoms with E-state index in [1.54, 1.807) is 13.2 Å². The first-order valence-electron chi connectivity index (χ1n) is 5.80. The van der Waals surface area contributed by atoms with Crippen molar-refractivity contribution in [1.29, 1.82) is 0 Å². The number of rotatable bonds is 6. The third-order valence-electron chi connectivity index (χ3n) is 2.47. The summed E-state index contributed by atoms with van der Waals surface area (Å²) < 4.78 is 9.81. The summed E-state index contributed by atoms with van der Waals surface area (Å²) in [6, 6.07) is 6.56. The van der Waals surface area contributed by atoms with Gasteiger partial charge in [0.1, 0.15) is 11.8 Å². The molecule has 1 rings (SSSR count). The smallest absolute Gasteiger partial charge is 0.330 e. The van der Waals surface area contributed by atoms with E-state index in [1.807, 2.05) is 18.2 Å². The first-order chi connectivity index (χ1) is 9.08. The Hall–Kier alpha value is -2.24. The number of benzene rings is 1. The van der Waals surface area contributed by atoms with Crippen LogP contribution >= 0.6 is 0 Å². The van der Waals surface area contributed by atoms with E-state index in [0.717, 1.165) is 5.69 Å². The van der Waals surface area contributed by atoms with Crippen LogP contribution in [0.2, 0.25) is 0 Å². The van der Waals surface area contributed by atoms with Crippen LogP contribution in [0.3, 0.4) is 0 Å². The molecule has 0 saturated carbocycles. The van der Waals surface area contributed by atoms with Crippen molar-refractivity contribution in [3.8, 4) is 5.75 Å². The molecule has 0 fully saturated rings. The van der Waals surface area contributed by atoms with Crippen molar-refractivity contribution in [2.75, 3.05) is 26.1 Å². The van der Waals surface area contributed by atoms with Crippen LogP contribution in [0.4, 0.5) is 5.69 Å². The minimum absolute atomic E-state index is 0.215. The molecular weight excluding hydrogens is 248 g/mol. The van der Waals surface area contributed by atoms with Gasteiger partial charge in [-0.1, -0.05) is 12.1 Å². The van der Waals surface area contributed by atoms with Crippen LogP contribution in [0, 0.1) is 0 Å². The highest BCUT2D eigenvalue weighted by molar-refractivity contribution is 5.83. The molecule has 0 aliphatic heterocycles. The molecule has 1 aromatic carbocycles. The van der Waals surface area contributed by atoms with Gasteiger partial charge in [0.15, 0.2) is 0 Å². The molecule has 0 aliphatic rings. The monoisotopic (exact) mass is 266 g/mol. The van der Waals surface area contributed by atoms with E-state index in [4.69, 9.17) is 4.74 Å². The first kappa shape index (κ1) is 14.8. The fourth-order valence-electron chi connectivity index (χ4n) is 1.58. The van der Waals surface area contributed by atoms with Gasteiger partial charge in [0.05, 0.1) is 19.9 Å². The molecule has 0 radical (unpaired) electrons. The Bertz CT molecular complexity index is 448. The van der Waals surface area contributed by atoms with Gasteiger partial charge in [-0.25, -0.2) is 4.79 Å².